The van der Waals surface area contributed by atoms with Crippen molar-refractivity contribution in [2.24, 2.45) is 0 Å². The number of nitriles is 1. The Kier molecular flexibility index (Phi) is 5.23. The van der Waals surface area contributed by atoms with E-state index in [2.05, 4.69) is 5.32 Å². The van der Waals surface area contributed by atoms with Crippen LogP contribution in [-0.2, 0) is 10.0 Å². The van der Waals surface area contributed by atoms with Crippen LogP contribution in [0.1, 0.15) is 13.3 Å². The third-order valence-electron chi connectivity index (χ3n) is 3.12. The van der Waals surface area contributed by atoms with Crippen LogP contribution >= 0.6 is 0 Å². The molecule has 21 heavy (non-hydrogen) atoms. The van der Waals surface area contributed by atoms with Gasteiger partial charge in [-0.25, -0.2) is 8.42 Å². The summed E-state index contributed by atoms with van der Waals surface area (Å²) in [5.74, 6) is 0. The Balaban J connectivity index is 3.30. The monoisotopic (exact) mass is 312 g/mol. The zero-order valence-corrected chi connectivity index (χ0v) is 12.7. The van der Waals surface area contributed by atoms with Gasteiger partial charge >= 0.3 is 0 Å². The molecule has 1 aromatic carbocycles. The Morgan fingerprint density at radius 3 is 2.62 bits per heavy atom. The number of hydrogen-bond acceptors (Lipinski definition) is 6. The minimum Gasteiger partial charge on any atom is -0.383 e. The second-order valence-electron chi connectivity index (χ2n) is 4.42. The van der Waals surface area contributed by atoms with E-state index in [0.29, 0.717) is 0 Å². The molecule has 9 heteroatoms. The van der Waals surface area contributed by atoms with Gasteiger partial charge < -0.3 is 5.32 Å². The Bertz CT molecular complexity index is 681. The third-order valence-corrected chi connectivity index (χ3v) is 5.09. The number of rotatable bonds is 6. The summed E-state index contributed by atoms with van der Waals surface area (Å²) in [5.41, 5.74) is -0.0911. The first-order chi connectivity index (χ1) is 9.75. The number of nitrogens with one attached hydrogen (secondary N) is 1. The molecule has 1 atom stereocenters. The Morgan fingerprint density at radius 2 is 2.14 bits per heavy atom. The van der Waals surface area contributed by atoms with E-state index < -0.39 is 21.0 Å². The van der Waals surface area contributed by atoms with Crippen molar-refractivity contribution in [3.05, 3.63) is 28.3 Å². The van der Waals surface area contributed by atoms with Crippen LogP contribution in [0.2, 0.25) is 0 Å². The standard InChI is InChI=1S/C12H16N4O4S/c1-9(6-7-13)15(3)21(19,20)10-4-5-11(14-2)12(8-10)16(17)18/h4-5,8-9,14H,6H2,1-3H3. The van der Waals surface area contributed by atoms with Crippen LogP contribution in [-0.4, -0.2) is 37.8 Å². The average Bonchev–Trinajstić information content (AvgIpc) is 2.45. The summed E-state index contributed by atoms with van der Waals surface area (Å²) in [7, 11) is -1.04. The van der Waals surface area contributed by atoms with Crippen molar-refractivity contribution in [2.45, 2.75) is 24.3 Å². The van der Waals surface area contributed by atoms with Crippen LogP contribution in [0.25, 0.3) is 0 Å². The number of sulfonamides is 1. The molecule has 0 bridgehead atoms. The topological polar surface area (TPSA) is 116 Å². The summed E-state index contributed by atoms with van der Waals surface area (Å²) < 4.78 is 25.8. The summed E-state index contributed by atoms with van der Waals surface area (Å²) in [6, 6.07) is 5.02. The maximum absolute atomic E-state index is 12.4. The number of hydrogen-bond donors (Lipinski definition) is 1. The summed E-state index contributed by atoms with van der Waals surface area (Å²) in [4.78, 5) is 10.2. The fourth-order valence-electron chi connectivity index (χ4n) is 1.70. The fourth-order valence-corrected chi connectivity index (χ4v) is 3.08. The van der Waals surface area contributed by atoms with Gasteiger partial charge in [0.15, 0.2) is 0 Å². The molecule has 0 spiro atoms. The molecule has 0 aromatic heterocycles. The van der Waals surface area contributed by atoms with E-state index in [4.69, 9.17) is 5.26 Å². The van der Waals surface area contributed by atoms with Crippen molar-refractivity contribution in [1.82, 2.24) is 4.31 Å². The zero-order chi connectivity index (χ0) is 16.2. The molecule has 0 amide bonds. The summed E-state index contributed by atoms with van der Waals surface area (Å²) in [6.07, 6.45) is 0.0341. The van der Waals surface area contributed by atoms with Crippen LogP contribution < -0.4 is 5.32 Å². The molecule has 0 aliphatic heterocycles. The molecule has 0 aliphatic carbocycles. The minimum atomic E-state index is -3.89. The van der Waals surface area contributed by atoms with Gasteiger partial charge in [-0.05, 0) is 19.1 Å². The molecule has 1 rings (SSSR count). The fraction of sp³-hybridized carbons (Fsp3) is 0.417. The number of benzene rings is 1. The maximum atomic E-state index is 12.4. The average molecular weight is 312 g/mol. The number of nitro benzene ring substituents is 1. The highest BCUT2D eigenvalue weighted by atomic mass is 32.2. The van der Waals surface area contributed by atoms with Crippen molar-refractivity contribution < 1.29 is 13.3 Å². The number of anilines is 1. The molecule has 1 N–H and O–H groups in total. The maximum Gasteiger partial charge on any atom is 0.293 e. The van der Waals surface area contributed by atoms with Crippen molar-refractivity contribution in [1.29, 1.82) is 5.26 Å². The lowest BCUT2D eigenvalue weighted by Crippen LogP contribution is -2.34. The predicted octanol–water partition coefficient (Wildman–Crippen LogP) is 1.56. The van der Waals surface area contributed by atoms with Gasteiger partial charge in [0.05, 0.1) is 22.3 Å². The second kappa shape index (κ2) is 6.51. The van der Waals surface area contributed by atoms with E-state index in [1.807, 2.05) is 6.07 Å². The largest absolute Gasteiger partial charge is 0.383 e. The van der Waals surface area contributed by atoms with Crippen LogP contribution in [0.5, 0.6) is 0 Å². The van der Waals surface area contributed by atoms with Crippen LogP contribution in [0.4, 0.5) is 11.4 Å². The summed E-state index contributed by atoms with van der Waals surface area (Å²) in [6.45, 7) is 1.59. The number of nitro groups is 1. The van der Waals surface area contributed by atoms with Gasteiger partial charge in [-0.15, -0.1) is 0 Å². The normalized spacial score (nSPS) is 12.7. The molecule has 1 aromatic rings. The molecular weight excluding hydrogens is 296 g/mol. The van der Waals surface area contributed by atoms with Gasteiger partial charge in [-0.3, -0.25) is 10.1 Å². The van der Waals surface area contributed by atoms with Crippen molar-refractivity contribution in [2.75, 3.05) is 19.4 Å². The molecule has 0 radical (unpaired) electrons. The minimum absolute atomic E-state index is 0.0341. The van der Waals surface area contributed by atoms with Crippen LogP contribution in [0.15, 0.2) is 23.1 Å². The van der Waals surface area contributed by atoms with Crippen LogP contribution in [0.3, 0.4) is 0 Å². The van der Waals surface area contributed by atoms with E-state index in [1.54, 1.807) is 6.92 Å². The molecule has 0 saturated heterocycles. The Labute approximate surface area is 123 Å². The first-order valence-electron chi connectivity index (χ1n) is 6.06. The predicted molar refractivity (Wildman–Crippen MR) is 77.3 cm³/mol. The number of nitrogens with zero attached hydrogens (tertiary/aromatic N) is 3. The van der Waals surface area contributed by atoms with Crippen molar-refractivity contribution >= 4 is 21.4 Å². The highest BCUT2D eigenvalue weighted by Crippen LogP contribution is 2.28. The lowest BCUT2D eigenvalue weighted by atomic mass is 10.3. The van der Waals surface area contributed by atoms with E-state index in [-0.39, 0.29) is 22.7 Å². The second-order valence-corrected chi connectivity index (χ2v) is 6.42. The van der Waals surface area contributed by atoms with Gasteiger partial charge in [0, 0.05) is 26.2 Å². The molecule has 0 heterocycles. The highest BCUT2D eigenvalue weighted by Gasteiger charge is 2.27. The summed E-state index contributed by atoms with van der Waals surface area (Å²) >= 11 is 0. The van der Waals surface area contributed by atoms with Gasteiger partial charge in [0.2, 0.25) is 10.0 Å². The van der Waals surface area contributed by atoms with Gasteiger partial charge in [0.1, 0.15) is 5.69 Å². The molecule has 114 valence electrons. The van der Waals surface area contributed by atoms with E-state index >= 15 is 0 Å². The van der Waals surface area contributed by atoms with Crippen molar-refractivity contribution in [3.63, 3.8) is 0 Å². The molecular formula is C12H16N4O4S. The lowest BCUT2D eigenvalue weighted by molar-refractivity contribution is -0.384. The first-order valence-corrected chi connectivity index (χ1v) is 7.51. The van der Waals surface area contributed by atoms with Crippen LogP contribution in [0, 0.1) is 21.4 Å². The van der Waals surface area contributed by atoms with Crippen molar-refractivity contribution in [3.8, 4) is 6.07 Å². The summed E-state index contributed by atoms with van der Waals surface area (Å²) in [5, 5.41) is 22.3. The zero-order valence-electron chi connectivity index (χ0n) is 11.9. The van der Waals surface area contributed by atoms with E-state index in [9.17, 15) is 18.5 Å². The molecule has 1 unspecified atom stereocenters. The molecule has 8 nitrogen and oxygen atoms in total. The van der Waals surface area contributed by atoms with Gasteiger partial charge in [0.25, 0.3) is 5.69 Å². The molecule has 0 saturated carbocycles. The Hall–Kier alpha value is -2.18. The quantitative estimate of drug-likeness (QED) is 0.629. The SMILES string of the molecule is CNc1ccc(S(=O)(=O)N(C)C(C)CC#N)cc1[N+](=O)[O-]. The van der Waals surface area contributed by atoms with Gasteiger partial charge in [-0.1, -0.05) is 0 Å². The lowest BCUT2D eigenvalue weighted by Gasteiger charge is -2.22. The first kappa shape index (κ1) is 16.9. The highest BCUT2D eigenvalue weighted by molar-refractivity contribution is 7.89. The van der Waals surface area contributed by atoms with E-state index in [1.165, 1.54) is 26.2 Å². The Morgan fingerprint density at radius 1 is 1.52 bits per heavy atom. The van der Waals surface area contributed by atoms with Gasteiger partial charge in [-0.2, -0.15) is 9.57 Å². The van der Waals surface area contributed by atoms with E-state index in [0.717, 1.165) is 10.4 Å². The molecule has 0 aliphatic rings. The third kappa shape index (κ3) is 3.48. The molecule has 0 fully saturated rings. The smallest absolute Gasteiger partial charge is 0.293 e.